The van der Waals surface area contributed by atoms with Crippen molar-refractivity contribution in [3.05, 3.63) is 31.3 Å². The topological polar surface area (TPSA) is 146 Å². The highest BCUT2D eigenvalue weighted by Crippen LogP contribution is 2.08. The van der Waals surface area contributed by atoms with Gasteiger partial charge in [0.05, 0.1) is 0 Å². The molecule has 0 aliphatic heterocycles. The minimum absolute atomic E-state index is 1.33. The molecule has 0 saturated heterocycles. The minimum atomic E-state index is -3.12. The van der Waals surface area contributed by atoms with Crippen LogP contribution in [0.2, 0.25) is 6.55 Å². The number of rotatable bonds is 3. The Labute approximate surface area is 61.8 Å². The maximum Gasteiger partial charge on any atom is 0.347 e. The number of hydrogen-bond donors (Lipinski definition) is 0. The Morgan fingerprint density at radius 3 is 1.36 bits per heavy atom. The van der Waals surface area contributed by atoms with Crippen LogP contribution >= 0.6 is 0 Å². The summed E-state index contributed by atoms with van der Waals surface area (Å²) in [7, 11) is -3.12. The molecule has 0 aromatic carbocycles. The van der Waals surface area contributed by atoms with Gasteiger partial charge in [-0.2, -0.15) is 0 Å². The molecule has 0 aromatic rings. The van der Waals surface area contributed by atoms with Crippen molar-refractivity contribution in [3.63, 3.8) is 0 Å². The van der Waals surface area contributed by atoms with Gasteiger partial charge in [-0.1, -0.05) is 6.55 Å². The van der Waals surface area contributed by atoms with Crippen molar-refractivity contribution in [1.82, 2.24) is 0 Å². The van der Waals surface area contributed by atoms with Crippen LogP contribution in [0.4, 0.5) is 0 Å². The molecule has 11 heavy (non-hydrogen) atoms. The van der Waals surface area contributed by atoms with Gasteiger partial charge in [0.1, 0.15) is 0 Å². The molecule has 10 heteroatoms. The number of nitrogens with zero attached hydrogens (tertiary/aromatic N) is 9. The monoisotopic (exact) mass is 169 g/mol. The van der Waals surface area contributed by atoms with E-state index in [0.717, 1.165) is 0 Å². The third-order valence-corrected chi connectivity index (χ3v) is 2.11. The van der Waals surface area contributed by atoms with Crippen molar-refractivity contribution in [2.75, 3.05) is 0 Å². The average molecular weight is 169 g/mol. The summed E-state index contributed by atoms with van der Waals surface area (Å²) in [5, 5.41) is 0. The first-order chi connectivity index (χ1) is 5.18. The van der Waals surface area contributed by atoms with Crippen LogP contribution in [0.5, 0.6) is 0 Å². The molecule has 0 N–H and O–H groups in total. The van der Waals surface area contributed by atoms with E-state index in [2.05, 4.69) is 29.1 Å². The molecule has 0 atom stereocenters. The van der Waals surface area contributed by atoms with Crippen molar-refractivity contribution in [2.24, 2.45) is 14.3 Å². The van der Waals surface area contributed by atoms with Crippen molar-refractivity contribution in [3.8, 4) is 0 Å². The lowest BCUT2D eigenvalue weighted by molar-refractivity contribution is 1.33. The Morgan fingerprint density at radius 1 is 0.909 bits per heavy atom. The molecular formula is CH3N9Si. The standard InChI is InChI=1S/CH3N9Si/c1-11(8-5-2,9-6-3)10-7-4/h1H3. The lowest BCUT2D eigenvalue weighted by Crippen LogP contribution is -2.19. The summed E-state index contributed by atoms with van der Waals surface area (Å²) in [4.78, 5) is 7.21. The van der Waals surface area contributed by atoms with Gasteiger partial charge in [-0.3, -0.25) is 0 Å². The molecule has 0 saturated carbocycles. The third kappa shape index (κ3) is 2.99. The molecule has 56 valence electrons. The second kappa shape index (κ2) is 4.04. The smallest absolute Gasteiger partial charge is 0.111 e. The molecule has 0 bridgehead atoms. The van der Waals surface area contributed by atoms with E-state index in [0.29, 0.717) is 0 Å². The van der Waals surface area contributed by atoms with Crippen LogP contribution in [-0.2, 0) is 0 Å². The molecule has 0 spiro atoms. The van der Waals surface area contributed by atoms with E-state index in [-0.39, 0.29) is 0 Å². The summed E-state index contributed by atoms with van der Waals surface area (Å²) < 4.78 is 9.34. The maximum atomic E-state index is 7.98. The van der Waals surface area contributed by atoms with Crippen LogP contribution in [0.3, 0.4) is 0 Å². The zero-order valence-electron chi connectivity index (χ0n) is 5.52. The van der Waals surface area contributed by atoms with Gasteiger partial charge in [0.15, 0.2) is 0 Å². The predicted molar refractivity (Wildman–Crippen MR) is 39.1 cm³/mol. The van der Waals surface area contributed by atoms with E-state index in [1.807, 2.05) is 0 Å². The molecule has 0 fully saturated rings. The summed E-state index contributed by atoms with van der Waals surface area (Å²) in [5.74, 6) is 0. The van der Waals surface area contributed by atoms with Gasteiger partial charge in [-0.05, 0) is 31.3 Å². The number of hydrogen-bond acceptors (Lipinski definition) is 3. The highest BCUT2D eigenvalue weighted by molar-refractivity contribution is 6.73. The zero-order chi connectivity index (χ0) is 8.74. The van der Waals surface area contributed by atoms with Gasteiger partial charge < -0.3 is 0 Å². The van der Waals surface area contributed by atoms with E-state index in [4.69, 9.17) is 16.6 Å². The first-order valence-electron chi connectivity index (χ1n) is 2.37. The Bertz CT molecular complexity index is 226. The predicted octanol–water partition coefficient (Wildman–Crippen LogP) is 2.49. The summed E-state index contributed by atoms with van der Waals surface area (Å²) >= 11 is 0. The molecule has 0 radical (unpaired) electrons. The normalized spacial score (nSPS) is 12.8. The van der Waals surface area contributed by atoms with Crippen LogP contribution in [-0.4, -0.2) is 8.56 Å². The fourth-order valence-electron chi connectivity index (χ4n) is 0.314. The molecule has 0 rings (SSSR count). The Hall–Kier alpha value is -1.85. The van der Waals surface area contributed by atoms with Crippen LogP contribution < -0.4 is 0 Å². The van der Waals surface area contributed by atoms with Crippen LogP contribution in [0.1, 0.15) is 0 Å². The molecule has 0 aliphatic rings. The lowest BCUT2D eigenvalue weighted by atomic mass is 11.9. The van der Waals surface area contributed by atoms with Gasteiger partial charge >= 0.3 is 8.56 Å². The van der Waals surface area contributed by atoms with E-state index >= 15 is 0 Å². The van der Waals surface area contributed by atoms with Gasteiger partial charge in [0, 0.05) is 0 Å². The van der Waals surface area contributed by atoms with Crippen molar-refractivity contribution in [2.45, 2.75) is 6.55 Å². The van der Waals surface area contributed by atoms with E-state index in [1.54, 1.807) is 0 Å². The SMILES string of the molecule is C[Si](N=[N+]=[N-])(N=[N+]=[N-])N=[N+]=[N-]. The highest BCUT2D eigenvalue weighted by Gasteiger charge is 2.23. The number of azide groups is 1. The quantitative estimate of drug-likeness (QED) is 0.264. The van der Waals surface area contributed by atoms with Gasteiger partial charge in [0.2, 0.25) is 0 Å². The first-order valence-corrected chi connectivity index (χ1v) is 4.71. The summed E-state index contributed by atoms with van der Waals surface area (Å²) in [6.45, 7) is 1.33. The van der Waals surface area contributed by atoms with E-state index in [9.17, 15) is 0 Å². The van der Waals surface area contributed by atoms with Crippen molar-refractivity contribution < 1.29 is 0 Å². The largest absolute Gasteiger partial charge is 0.347 e. The van der Waals surface area contributed by atoms with Crippen molar-refractivity contribution in [1.29, 1.82) is 0 Å². The Morgan fingerprint density at radius 2 is 1.18 bits per heavy atom. The lowest BCUT2D eigenvalue weighted by Gasteiger charge is -2.01. The molecule has 0 heterocycles. The molecule has 0 amide bonds. The van der Waals surface area contributed by atoms with Crippen molar-refractivity contribution >= 4 is 8.56 Å². The molecule has 0 aliphatic carbocycles. The molecular weight excluding hydrogens is 166 g/mol. The first kappa shape index (κ1) is 9.15. The van der Waals surface area contributed by atoms with Gasteiger partial charge in [-0.15, -0.1) is 14.3 Å². The molecule has 0 aromatic heterocycles. The summed E-state index contributed by atoms with van der Waals surface area (Å²) in [6.07, 6.45) is 0. The fourth-order valence-corrected chi connectivity index (χ4v) is 0.942. The zero-order valence-corrected chi connectivity index (χ0v) is 6.52. The third-order valence-electron chi connectivity index (χ3n) is 0.702. The second-order valence-corrected chi connectivity index (χ2v) is 4.08. The maximum absolute atomic E-state index is 7.98. The van der Waals surface area contributed by atoms with Crippen LogP contribution in [0.25, 0.3) is 31.3 Å². The van der Waals surface area contributed by atoms with Crippen LogP contribution in [0.15, 0.2) is 14.3 Å². The van der Waals surface area contributed by atoms with E-state index in [1.165, 1.54) is 6.55 Å². The molecule has 9 nitrogen and oxygen atoms in total. The Balaban J connectivity index is 4.94. The fraction of sp³-hybridized carbons (Fsp3) is 1.00. The second-order valence-electron chi connectivity index (χ2n) is 1.54. The Kier molecular flexibility index (Phi) is 3.36. The highest BCUT2D eigenvalue weighted by atomic mass is 28.4. The summed E-state index contributed by atoms with van der Waals surface area (Å²) in [5.41, 5.74) is 23.9. The molecule has 0 unspecified atom stereocenters. The minimum Gasteiger partial charge on any atom is -0.111 e. The summed E-state index contributed by atoms with van der Waals surface area (Å²) in [6, 6.07) is 0. The van der Waals surface area contributed by atoms with Gasteiger partial charge in [0.25, 0.3) is 0 Å². The van der Waals surface area contributed by atoms with Crippen LogP contribution in [0, 0.1) is 0 Å². The van der Waals surface area contributed by atoms with Gasteiger partial charge in [-0.25, -0.2) is 0 Å². The average Bonchev–Trinajstić information content (AvgIpc) is 1.88. The van der Waals surface area contributed by atoms with E-state index < -0.39 is 8.56 Å².